The Hall–Kier alpha value is -3.09. The van der Waals surface area contributed by atoms with Gasteiger partial charge < -0.3 is 4.74 Å². The highest BCUT2D eigenvalue weighted by Gasteiger charge is 2.36. The predicted octanol–water partition coefficient (Wildman–Crippen LogP) is 5.76. The van der Waals surface area contributed by atoms with Gasteiger partial charge in [-0.3, -0.25) is 0 Å². The van der Waals surface area contributed by atoms with Crippen molar-refractivity contribution >= 4 is 5.97 Å². The molecule has 4 nitrogen and oxygen atoms in total. The number of nitrogens with zero attached hydrogens (tertiary/aromatic N) is 2. The molecule has 0 saturated heterocycles. The average Bonchev–Trinajstić information content (AvgIpc) is 3.11. The van der Waals surface area contributed by atoms with Crippen LogP contribution in [0.15, 0.2) is 54.6 Å². The molecule has 0 spiro atoms. The quantitative estimate of drug-likeness (QED) is 0.492. The lowest BCUT2D eigenvalue weighted by Crippen LogP contribution is -2.12. The van der Waals surface area contributed by atoms with Gasteiger partial charge in [0.05, 0.1) is 11.3 Å². The summed E-state index contributed by atoms with van der Waals surface area (Å²) >= 11 is 0. The van der Waals surface area contributed by atoms with E-state index in [0.29, 0.717) is 5.69 Å². The maximum absolute atomic E-state index is 13.2. The van der Waals surface area contributed by atoms with Gasteiger partial charge in [-0.25, -0.2) is 9.48 Å². The zero-order valence-corrected chi connectivity index (χ0v) is 16.2. The first kappa shape index (κ1) is 20.6. The first-order chi connectivity index (χ1) is 13.8. The molecule has 152 valence electrons. The number of aromatic nitrogens is 2. The second kappa shape index (κ2) is 8.51. The monoisotopic (exact) mass is 402 g/mol. The zero-order valence-electron chi connectivity index (χ0n) is 16.2. The first-order valence-corrected chi connectivity index (χ1v) is 9.33. The molecular formula is C22H21F3N2O2. The minimum atomic E-state index is -4.65. The second-order valence-electron chi connectivity index (χ2n) is 6.80. The van der Waals surface area contributed by atoms with E-state index >= 15 is 0 Å². The lowest BCUT2D eigenvalue weighted by molar-refractivity contribution is -0.141. The highest BCUT2D eigenvalue weighted by molar-refractivity contribution is 5.91. The number of halogens is 3. The van der Waals surface area contributed by atoms with Crippen LogP contribution in [-0.4, -0.2) is 15.7 Å². The number of hydrogen-bond donors (Lipinski definition) is 0. The summed E-state index contributed by atoms with van der Waals surface area (Å²) in [6.07, 6.45) is -1.65. The summed E-state index contributed by atoms with van der Waals surface area (Å²) in [6, 6.07) is 14.3. The molecule has 2 aromatic carbocycles. The van der Waals surface area contributed by atoms with Crippen LogP contribution < -0.4 is 4.74 Å². The topological polar surface area (TPSA) is 44.1 Å². The molecule has 0 N–H and O–H groups in total. The van der Waals surface area contributed by atoms with Crippen molar-refractivity contribution in [2.45, 2.75) is 39.3 Å². The molecule has 1 aromatic heterocycles. The average molecular weight is 402 g/mol. The van der Waals surface area contributed by atoms with E-state index in [1.54, 1.807) is 36.4 Å². The summed E-state index contributed by atoms with van der Waals surface area (Å²) in [4.78, 5) is 12.5. The van der Waals surface area contributed by atoms with E-state index in [1.165, 1.54) is 0 Å². The molecule has 0 aliphatic rings. The maximum Gasteiger partial charge on any atom is 0.435 e. The van der Waals surface area contributed by atoms with E-state index in [0.717, 1.165) is 41.1 Å². The third-order valence-electron chi connectivity index (χ3n) is 4.45. The molecule has 0 aliphatic heterocycles. The van der Waals surface area contributed by atoms with Gasteiger partial charge in [-0.15, -0.1) is 0 Å². The normalized spacial score (nSPS) is 11.5. The number of benzene rings is 2. The standard InChI is InChI=1S/C22H21F3N2O2/c1-3-4-5-16-8-10-17(11-9-16)21(28)29-20-14-19(22(23,24)25)26-27(20)18-12-6-15(2)7-13-18/h6-14H,3-5H2,1-2H3. The van der Waals surface area contributed by atoms with Gasteiger partial charge in [0.1, 0.15) is 0 Å². The van der Waals surface area contributed by atoms with Crippen LogP contribution in [0.4, 0.5) is 13.2 Å². The Balaban J connectivity index is 1.88. The van der Waals surface area contributed by atoms with Crippen molar-refractivity contribution < 1.29 is 22.7 Å². The van der Waals surface area contributed by atoms with Gasteiger partial charge in [0.15, 0.2) is 5.69 Å². The second-order valence-corrected chi connectivity index (χ2v) is 6.80. The number of carbonyl (C=O) groups excluding carboxylic acids is 1. The van der Waals surface area contributed by atoms with Crippen LogP contribution in [0.5, 0.6) is 5.88 Å². The smallest absolute Gasteiger partial charge is 0.404 e. The van der Waals surface area contributed by atoms with Gasteiger partial charge in [-0.1, -0.05) is 43.2 Å². The van der Waals surface area contributed by atoms with Gasteiger partial charge >= 0.3 is 12.1 Å². The van der Waals surface area contributed by atoms with Gasteiger partial charge in [-0.2, -0.15) is 18.3 Å². The van der Waals surface area contributed by atoms with Crippen LogP contribution in [-0.2, 0) is 12.6 Å². The van der Waals surface area contributed by atoms with Gasteiger partial charge in [-0.05, 0) is 49.6 Å². The molecule has 0 atom stereocenters. The Morgan fingerprint density at radius 1 is 1.07 bits per heavy atom. The predicted molar refractivity (Wildman–Crippen MR) is 103 cm³/mol. The summed E-state index contributed by atoms with van der Waals surface area (Å²) in [7, 11) is 0. The Bertz CT molecular complexity index is 975. The molecule has 0 aliphatic carbocycles. The van der Waals surface area contributed by atoms with Crippen molar-refractivity contribution in [1.82, 2.24) is 9.78 Å². The first-order valence-electron chi connectivity index (χ1n) is 9.33. The third-order valence-corrected chi connectivity index (χ3v) is 4.45. The largest absolute Gasteiger partial charge is 0.435 e. The number of alkyl halides is 3. The van der Waals surface area contributed by atoms with Crippen molar-refractivity contribution in [2.24, 2.45) is 0 Å². The summed E-state index contributed by atoms with van der Waals surface area (Å²) in [5.41, 5.74) is 1.53. The maximum atomic E-state index is 13.2. The summed E-state index contributed by atoms with van der Waals surface area (Å²) < 4.78 is 45.7. The van der Waals surface area contributed by atoms with Crippen LogP contribution in [0.3, 0.4) is 0 Å². The molecule has 0 unspecified atom stereocenters. The Morgan fingerprint density at radius 2 is 1.72 bits per heavy atom. The molecule has 0 bridgehead atoms. The number of aryl methyl sites for hydroxylation is 2. The van der Waals surface area contributed by atoms with E-state index in [-0.39, 0.29) is 11.4 Å². The minimum Gasteiger partial charge on any atom is -0.404 e. The number of ether oxygens (including phenoxy) is 1. The molecule has 0 saturated carbocycles. The van der Waals surface area contributed by atoms with Crippen molar-refractivity contribution in [1.29, 1.82) is 0 Å². The van der Waals surface area contributed by atoms with E-state index in [4.69, 9.17) is 4.74 Å². The number of hydrogen-bond acceptors (Lipinski definition) is 3. The zero-order chi connectivity index (χ0) is 21.0. The van der Waals surface area contributed by atoms with Crippen molar-refractivity contribution in [3.8, 4) is 11.6 Å². The Kier molecular flexibility index (Phi) is 6.06. The molecule has 1 heterocycles. The number of rotatable bonds is 6. The SMILES string of the molecule is CCCCc1ccc(C(=O)Oc2cc(C(F)(F)F)nn2-c2ccc(C)cc2)cc1. The molecule has 3 rings (SSSR count). The van der Waals surface area contributed by atoms with Crippen LogP contribution >= 0.6 is 0 Å². The van der Waals surface area contributed by atoms with Crippen LogP contribution in [0.1, 0.15) is 46.9 Å². The van der Waals surface area contributed by atoms with Crippen molar-refractivity contribution in [3.63, 3.8) is 0 Å². The van der Waals surface area contributed by atoms with E-state index < -0.39 is 17.8 Å². The third kappa shape index (κ3) is 5.04. The summed E-state index contributed by atoms with van der Waals surface area (Å²) in [5.74, 6) is -1.03. The van der Waals surface area contributed by atoms with Crippen LogP contribution in [0.2, 0.25) is 0 Å². The van der Waals surface area contributed by atoms with Gasteiger partial charge in [0.2, 0.25) is 5.88 Å². The van der Waals surface area contributed by atoms with Crippen LogP contribution in [0, 0.1) is 6.92 Å². The molecule has 3 aromatic rings. The fourth-order valence-corrected chi connectivity index (χ4v) is 2.79. The molecule has 7 heteroatoms. The number of carbonyl (C=O) groups is 1. The van der Waals surface area contributed by atoms with Gasteiger partial charge in [0, 0.05) is 6.07 Å². The fourth-order valence-electron chi connectivity index (χ4n) is 2.79. The summed E-state index contributed by atoms with van der Waals surface area (Å²) in [6.45, 7) is 3.96. The van der Waals surface area contributed by atoms with E-state index in [2.05, 4.69) is 12.0 Å². The molecular weight excluding hydrogens is 381 g/mol. The van der Waals surface area contributed by atoms with Crippen LogP contribution in [0.25, 0.3) is 5.69 Å². The highest BCUT2D eigenvalue weighted by Crippen LogP contribution is 2.32. The van der Waals surface area contributed by atoms with Gasteiger partial charge in [0.25, 0.3) is 0 Å². The van der Waals surface area contributed by atoms with E-state index in [1.807, 2.05) is 19.1 Å². The molecule has 29 heavy (non-hydrogen) atoms. The number of unbranched alkanes of at least 4 members (excludes halogenated alkanes) is 1. The highest BCUT2D eigenvalue weighted by atomic mass is 19.4. The molecule has 0 radical (unpaired) electrons. The Labute approximate surface area is 166 Å². The lowest BCUT2D eigenvalue weighted by atomic mass is 10.1. The lowest BCUT2D eigenvalue weighted by Gasteiger charge is -2.09. The van der Waals surface area contributed by atoms with E-state index in [9.17, 15) is 18.0 Å². The molecule has 0 fully saturated rings. The molecule has 0 amide bonds. The Morgan fingerprint density at radius 3 is 2.31 bits per heavy atom. The number of esters is 1. The summed E-state index contributed by atoms with van der Waals surface area (Å²) in [5, 5.41) is 3.59. The minimum absolute atomic E-state index is 0.260. The van der Waals surface area contributed by atoms with Crippen molar-refractivity contribution in [2.75, 3.05) is 0 Å². The van der Waals surface area contributed by atoms with Crippen molar-refractivity contribution in [3.05, 3.63) is 77.0 Å². The fraction of sp³-hybridized carbons (Fsp3) is 0.273.